The summed E-state index contributed by atoms with van der Waals surface area (Å²) in [7, 11) is 0. The molecule has 0 aliphatic rings. The second-order valence-corrected chi connectivity index (χ2v) is 2.99. The number of aromatic nitrogens is 1. The van der Waals surface area contributed by atoms with Crippen molar-refractivity contribution in [2.75, 3.05) is 0 Å². The summed E-state index contributed by atoms with van der Waals surface area (Å²) in [5, 5.41) is 9.62. The molecule has 3 heteroatoms. The van der Waals surface area contributed by atoms with E-state index in [2.05, 4.69) is 0 Å². The molecule has 1 N–H and O–H groups in total. The Hall–Kier alpha value is -1.51. The summed E-state index contributed by atoms with van der Waals surface area (Å²) in [6.45, 7) is 4.72. The average Bonchev–Trinajstić information content (AvgIpc) is 2.42. The number of phenolic OH excluding ortho intramolecular Hbond substituents is 1. The van der Waals surface area contributed by atoms with Crippen LogP contribution in [0.1, 0.15) is 12.8 Å². The minimum Gasteiger partial charge on any atom is -0.502 e. The Morgan fingerprint density at radius 1 is 1.46 bits per heavy atom. The molecule has 0 aliphatic heterocycles. The van der Waals surface area contributed by atoms with E-state index in [1.807, 2.05) is 24.5 Å². The molecule has 0 saturated carbocycles. The van der Waals surface area contributed by atoms with Crippen LogP contribution in [0.3, 0.4) is 0 Å². The van der Waals surface area contributed by atoms with Gasteiger partial charge in [0, 0.05) is 0 Å². The molecule has 0 amide bonds. The average molecular weight is 178 g/mol. The number of rotatable bonds is 1. The van der Waals surface area contributed by atoms with Gasteiger partial charge in [-0.25, -0.2) is 0 Å². The highest BCUT2D eigenvalue weighted by Gasteiger charge is 2.20. The first-order valence-corrected chi connectivity index (χ1v) is 4.35. The molecule has 1 heterocycles. The fourth-order valence-electron chi connectivity index (χ4n) is 1.62. The smallest absolute Gasteiger partial charge is 0.344 e. The molecule has 0 radical (unpaired) electrons. The molecule has 2 aromatic rings. The van der Waals surface area contributed by atoms with E-state index in [0.717, 1.165) is 23.5 Å². The van der Waals surface area contributed by atoms with Crippen molar-refractivity contribution in [3.63, 3.8) is 0 Å². The molecule has 0 unspecified atom stereocenters. The van der Waals surface area contributed by atoms with Crippen molar-refractivity contribution in [2.45, 2.75) is 20.4 Å². The Labute approximate surface area is 76.2 Å². The van der Waals surface area contributed by atoms with Gasteiger partial charge in [0.1, 0.15) is 6.54 Å². The monoisotopic (exact) mass is 178 g/mol. The van der Waals surface area contributed by atoms with Gasteiger partial charge in [0.15, 0.2) is 5.75 Å². The van der Waals surface area contributed by atoms with Crippen molar-refractivity contribution >= 4 is 11.1 Å². The predicted molar refractivity (Wildman–Crippen MR) is 48.5 cm³/mol. The van der Waals surface area contributed by atoms with Gasteiger partial charge < -0.3 is 9.52 Å². The Kier molecular flexibility index (Phi) is 1.72. The fraction of sp³-hybridized carbons (Fsp3) is 0.300. The van der Waals surface area contributed by atoms with Crippen LogP contribution in [-0.2, 0) is 6.54 Å². The van der Waals surface area contributed by atoms with Gasteiger partial charge in [-0.2, -0.15) is 4.57 Å². The third-order valence-corrected chi connectivity index (χ3v) is 2.20. The quantitative estimate of drug-likeness (QED) is 0.675. The van der Waals surface area contributed by atoms with Gasteiger partial charge in [-0.1, -0.05) is 6.07 Å². The minimum absolute atomic E-state index is 0.274. The number of aromatic hydroxyl groups is 1. The number of para-hydroxylation sites is 1. The number of oxazole rings is 1. The van der Waals surface area contributed by atoms with E-state index in [4.69, 9.17) is 4.42 Å². The third kappa shape index (κ3) is 1.08. The summed E-state index contributed by atoms with van der Waals surface area (Å²) in [4.78, 5) is 0. The van der Waals surface area contributed by atoms with Gasteiger partial charge in [-0.05, 0) is 19.1 Å². The zero-order valence-electron chi connectivity index (χ0n) is 7.74. The highest BCUT2D eigenvalue weighted by Crippen LogP contribution is 2.22. The molecule has 2 rings (SSSR count). The molecule has 13 heavy (non-hydrogen) atoms. The highest BCUT2D eigenvalue weighted by atomic mass is 16.4. The zero-order chi connectivity index (χ0) is 9.42. The molecule has 0 aliphatic carbocycles. The molecule has 0 bridgehead atoms. The van der Waals surface area contributed by atoms with E-state index < -0.39 is 0 Å². The summed E-state index contributed by atoms with van der Waals surface area (Å²) in [6, 6.07) is 5.30. The summed E-state index contributed by atoms with van der Waals surface area (Å²) in [5.74, 6) is 1.09. The maximum absolute atomic E-state index is 9.62. The van der Waals surface area contributed by atoms with Gasteiger partial charge in [0.25, 0.3) is 5.52 Å². The first-order valence-electron chi connectivity index (χ1n) is 4.35. The van der Waals surface area contributed by atoms with Crippen LogP contribution in [0.25, 0.3) is 11.1 Å². The minimum atomic E-state index is 0.274. The molecule has 68 valence electrons. The number of aryl methyl sites for hydroxylation is 2. The Balaban J connectivity index is 2.88. The summed E-state index contributed by atoms with van der Waals surface area (Å²) in [6.07, 6.45) is 0. The molecule has 0 saturated heterocycles. The van der Waals surface area contributed by atoms with Gasteiger partial charge >= 0.3 is 5.89 Å². The maximum Gasteiger partial charge on any atom is 0.344 e. The summed E-state index contributed by atoms with van der Waals surface area (Å²) >= 11 is 0. The van der Waals surface area contributed by atoms with Crippen LogP contribution >= 0.6 is 0 Å². The number of fused-ring (bicyclic) bond motifs is 1. The van der Waals surface area contributed by atoms with Crippen LogP contribution in [0.15, 0.2) is 22.6 Å². The Bertz CT molecular complexity index is 445. The Morgan fingerprint density at radius 3 is 2.92 bits per heavy atom. The first kappa shape index (κ1) is 8.10. The van der Waals surface area contributed by atoms with Gasteiger partial charge in [0.2, 0.25) is 5.58 Å². The van der Waals surface area contributed by atoms with E-state index in [-0.39, 0.29) is 5.75 Å². The van der Waals surface area contributed by atoms with E-state index >= 15 is 0 Å². The van der Waals surface area contributed by atoms with E-state index in [1.165, 1.54) is 0 Å². The van der Waals surface area contributed by atoms with Crippen LogP contribution in [0.2, 0.25) is 0 Å². The van der Waals surface area contributed by atoms with Crippen LogP contribution in [0.4, 0.5) is 0 Å². The molecule has 0 spiro atoms. The summed E-state index contributed by atoms with van der Waals surface area (Å²) in [5.41, 5.74) is 1.52. The van der Waals surface area contributed by atoms with Crippen molar-refractivity contribution in [1.82, 2.24) is 0 Å². The molecule has 1 aromatic carbocycles. The van der Waals surface area contributed by atoms with Crippen molar-refractivity contribution in [2.24, 2.45) is 0 Å². The molecule has 3 nitrogen and oxygen atoms in total. The third-order valence-electron chi connectivity index (χ3n) is 2.20. The van der Waals surface area contributed by atoms with Crippen LogP contribution in [0, 0.1) is 6.92 Å². The number of hydrogen-bond acceptors (Lipinski definition) is 2. The number of benzene rings is 1. The predicted octanol–water partition coefficient (Wildman–Crippen LogP) is 1.75. The molecular formula is C10H12NO2+. The topological polar surface area (TPSA) is 37.2 Å². The van der Waals surface area contributed by atoms with Gasteiger partial charge in [0.05, 0.1) is 6.92 Å². The van der Waals surface area contributed by atoms with Crippen LogP contribution in [0.5, 0.6) is 5.75 Å². The molecule has 0 fully saturated rings. The largest absolute Gasteiger partial charge is 0.502 e. The van der Waals surface area contributed by atoms with Gasteiger partial charge in [-0.15, -0.1) is 0 Å². The lowest BCUT2D eigenvalue weighted by molar-refractivity contribution is -0.679. The van der Waals surface area contributed by atoms with E-state index in [9.17, 15) is 5.11 Å². The summed E-state index contributed by atoms with van der Waals surface area (Å²) < 4.78 is 7.42. The van der Waals surface area contributed by atoms with Crippen LogP contribution < -0.4 is 4.57 Å². The van der Waals surface area contributed by atoms with Crippen molar-refractivity contribution in [1.29, 1.82) is 0 Å². The maximum atomic E-state index is 9.62. The number of nitrogens with zero attached hydrogens (tertiary/aromatic N) is 1. The molecule has 1 aromatic heterocycles. The van der Waals surface area contributed by atoms with Crippen molar-refractivity contribution in [3.8, 4) is 5.75 Å². The normalized spacial score (nSPS) is 10.9. The standard InChI is InChI=1S/C10H11NO2/c1-3-11-7(2)13-9-6-4-5-8(12)10(9)11/h4-6H,3H2,1-2H3/p+1. The van der Waals surface area contributed by atoms with Crippen LogP contribution in [-0.4, -0.2) is 5.11 Å². The SMILES string of the molecule is CC[n+]1c(C)oc2cccc(O)c21. The molecule has 0 atom stereocenters. The number of hydrogen-bond donors (Lipinski definition) is 1. The van der Waals surface area contributed by atoms with Crippen molar-refractivity contribution < 1.29 is 14.1 Å². The second-order valence-electron chi connectivity index (χ2n) is 2.99. The fourth-order valence-corrected chi connectivity index (χ4v) is 1.62. The lowest BCUT2D eigenvalue weighted by Gasteiger charge is -1.90. The highest BCUT2D eigenvalue weighted by molar-refractivity contribution is 5.75. The zero-order valence-corrected chi connectivity index (χ0v) is 7.74. The number of phenols is 1. The van der Waals surface area contributed by atoms with Gasteiger partial charge in [-0.3, -0.25) is 0 Å². The Morgan fingerprint density at radius 2 is 2.23 bits per heavy atom. The van der Waals surface area contributed by atoms with Crippen molar-refractivity contribution in [3.05, 3.63) is 24.1 Å². The second kappa shape index (κ2) is 2.76. The lowest BCUT2D eigenvalue weighted by Crippen LogP contribution is -2.33. The van der Waals surface area contributed by atoms with E-state index in [1.54, 1.807) is 12.1 Å². The first-order chi connectivity index (χ1) is 6.24. The lowest BCUT2D eigenvalue weighted by atomic mass is 10.3. The van der Waals surface area contributed by atoms with E-state index in [0.29, 0.717) is 0 Å². The molecular weight excluding hydrogens is 166 g/mol.